The molecule has 1 nitrogen and oxygen atoms in total. The molecule has 0 N–H and O–H groups in total. The smallest absolute Gasteiger partial charge is 0.432 e. The van der Waals surface area contributed by atoms with Crippen LogP contribution in [0.3, 0.4) is 0 Å². The predicted octanol–water partition coefficient (Wildman–Crippen LogP) is 9.87. The summed E-state index contributed by atoms with van der Waals surface area (Å²) in [5.74, 6) is -9.00. The highest BCUT2D eigenvalue weighted by atomic mass is 19.3. The fourth-order valence-electron chi connectivity index (χ4n) is 3.78. The molecule has 0 radical (unpaired) electrons. The van der Waals surface area contributed by atoms with Crippen LogP contribution in [0.15, 0.2) is 78.1 Å². The Hall–Kier alpha value is -3.62. The molecule has 0 spiro atoms. The summed E-state index contributed by atoms with van der Waals surface area (Å²) in [6.45, 7) is 1.03. The highest BCUT2D eigenvalue weighted by Gasteiger charge is 2.41. The minimum Gasteiger partial charge on any atom is -0.433 e. The molecule has 0 aromatic heterocycles. The Balaban J connectivity index is 1.88. The second-order valence-corrected chi connectivity index (χ2v) is 8.57. The molecule has 0 saturated carbocycles. The maximum absolute atomic E-state index is 14.9. The summed E-state index contributed by atoms with van der Waals surface area (Å²) in [5, 5.41) is 0. The fraction of sp³-hybridized carbons (Fsp3) is 0.241. The molecule has 38 heavy (non-hydrogen) atoms. The highest BCUT2D eigenvalue weighted by molar-refractivity contribution is 5.71. The molecule has 0 unspecified atom stereocenters. The van der Waals surface area contributed by atoms with Crippen LogP contribution in [0.1, 0.15) is 37.8 Å². The number of rotatable bonds is 10. The third-order valence-corrected chi connectivity index (χ3v) is 5.72. The lowest BCUT2D eigenvalue weighted by atomic mass is 9.97. The van der Waals surface area contributed by atoms with E-state index < -0.39 is 53.2 Å². The number of hydrogen-bond donors (Lipinski definition) is 0. The second kappa shape index (κ2) is 12.3. The van der Waals surface area contributed by atoms with Crippen LogP contribution in [-0.2, 0) is 17.3 Å². The Labute approximate surface area is 215 Å². The zero-order chi connectivity index (χ0) is 28.0. The van der Waals surface area contributed by atoms with Gasteiger partial charge in [0.2, 0.25) is 0 Å². The number of hydrogen-bond acceptors (Lipinski definition) is 1. The van der Waals surface area contributed by atoms with Crippen molar-refractivity contribution >= 4 is 0 Å². The summed E-state index contributed by atoms with van der Waals surface area (Å²) in [6.07, 6.45) is -1.52. The number of aryl methyl sites for hydroxylation is 1. The molecule has 0 aliphatic carbocycles. The monoisotopic (exact) mass is 540 g/mol. The summed E-state index contributed by atoms with van der Waals surface area (Å²) in [5.41, 5.74) is -0.0141. The van der Waals surface area contributed by atoms with E-state index in [1.165, 1.54) is 18.2 Å². The fourth-order valence-corrected chi connectivity index (χ4v) is 3.78. The number of ether oxygens (including phenoxy) is 1. The predicted molar refractivity (Wildman–Crippen MR) is 130 cm³/mol. The van der Waals surface area contributed by atoms with Crippen molar-refractivity contribution in [1.29, 1.82) is 0 Å². The van der Waals surface area contributed by atoms with Crippen molar-refractivity contribution in [3.05, 3.63) is 107 Å². The van der Waals surface area contributed by atoms with E-state index in [1.54, 1.807) is 0 Å². The van der Waals surface area contributed by atoms with Gasteiger partial charge in [0.15, 0.2) is 11.7 Å². The van der Waals surface area contributed by atoms with Crippen molar-refractivity contribution < 1.29 is 39.9 Å². The van der Waals surface area contributed by atoms with E-state index in [0.29, 0.717) is 17.7 Å². The van der Waals surface area contributed by atoms with Gasteiger partial charge in [0.1, 0.15) is 35.4 Å². The first kappa shape index (κ1) is 28.9. The van der Waals surface area contributed by atoms with E-state index in [9.17, 15) is 35.1 Å². The second-order valence-electron chi connectivity index (χ2n) is 8.57. The Bertz CT molecular complexity index is 1320. The molecule has 0 bridgehead atoms. The molecule has 3 aromatic carbocycles. The molecule has 0 fully saturated rings. The zero-order valence-electron chi connectivity index (χ0n) is 20.5. The Morgan fingerprint density at radius 2 is 1.42 bits per heavy atom. The third kappa shape index (κ3) is 6.82. The summed E-state index contributed by atoms with van der Waals surface area (Å²) >= 11 is 0. The Morgan fingerprint density at radius 3 is 1.97 bits per heavy atom. The van der Waals surface area contributed by atoms with Crippen LogP contribution in [0.2, 0.25) is 0 Å². The maximum Gasteiger partial charge on any atom is 0.432 e. The summed E-state index contributed by atoms with van der Waals surface area (Å²) in [6, 6.07) is 12.5. The van der Waals surface area contributed by atoms with Crippen molar-refractivity contribution in [1.82, 2.24) is 0 Å². The van der Waals surface area contributed by atoms with Crippen LogP contribution in [0.4, 0.5) is 35.1 Å². The SMILES string of the molecule is CCCCc1ccc(-c2ccc(-c3cc(F)c(C(F)(F)O/C(C)=C/C(F)=C(/F)CF)c(F)c3)c(F)c2)cc1. The lowest BCUT2D eigenvalue weighted by molar-refractivity contribution is -0.227. The topological polar surface area (TPSA) is 9.23 Å². The minimum atomic E-state index is -4.65. The number of unbranched alkanes of at least 4 members (excludes halogenated alkanes) is 1. The molecular formula is C29H24F8O. The summed E-state index contributed by atoms with van der Waals surface area (Å²) in [7, 11) is 0. The number of benzene rings is 3. The average molecular weight is 540 g/mol. The third-order valence-electron chi connectivity index (χ3n) is 5.72. The van der Waals surface area contributed by atoms with Crippen LogP contribution in [0, 0.1) is 17.5 Å². The van der Waals surface area contributed by atoms with Gasteiger partial charge in [0.05, 0.1) is 0 Å². The molecule has 0 aliphatic heterocycles. The first-order valence-electron chi connectivity index (χ1n) is 11.7. The Morgan fingerprint density at radius 1 is 0.842 bits per heavy atom. The lowest BCUT2D eigenvalue weighted by Crippen LogP contribution is -2.21. The molecule has 202 valence electrons. The quantitative estimate of drug-likeness (QED) is 0.141. The van der Waals surface area contributed by atoms with Crippen molar-refractivity contribution in [2.45, 2.75) is 39.2 Å². The van der Waals surface area contributed by atoms with Crippen LogP contribution in [0.25, 0.3) is 22.3 Å². The molecular weight excluding hydrogens is 516 g/mol. The van der Waals surface area contributed by atoms with Gasteiger partial charge in [-0.15, -0.1) is 0 Å². The van der Waals surface area contributed by atoms with Gasteiger partial charge in [0.25, 0.3) is 0 Å². The number of allylic oxidation sites excluding steroid dienone is 4. The summed E-state index contributed by atoms with van der Waals surface area (Å²) < 4.78 is 116. The van der Waals surface area contributed by atoms with Gasteiger partial charge in [-0.25, -0.2) is 26.3 Å². The maximum atomic E-state index is 14.9. The van der Waals surface area contributed by atoms with Crippen molar-refractivity contribution in [2.24, 2.45) is 0 Å². The first-order chi connectivity index (χ1) is 18.0. The molecule has 3 aromatic rings. The molecule has 0 heterocycles. The molecule has 0 saturated heterocycles. The van der Waals surface area contributed by atoms with Crippen LogP contribution in [-0.4, -0.2) is 6.67 Å². The molecule has 9 heteroatoms. The van der Waals surface area contributed by atoms with Gasteiger partial charge in [0, 0.05) is 11.6 Å². The van der Waals surface area contributed by atoms with E-state index in [0.717, 1.165) is 37.3 Å². The van der Waals surface area contributed by atoms with Crippen LogP contribution < -0.4 is 0 Å². The van der Waals surface area contributed by atoms with Crippen LogP contribution in [0.5, 0.6) is 0 Å². The van der Waals surface area contributed by atoms with Gasteiger partial charge in [-0.2, -0.15) is 8.78 Å². The zero-order valence-corrected chi connectivity index (χ0v) is 20.5. The van der Waals surface area contributed by atoms with Gasteiger partial charge in [-0.3, -0.25) is 0 Å². The van der Waals surface area contributed by atoms with Gasteiger partial charge < -0.3 is 4.74 Å². The minimum absolute atomic E-state index is 0.114. The Kier molecular flexibility index (Phi) is 9.36. The van der Waals surface area contributed by atoms with E-state index >= 15 is 0 Å². The molecule has 0 amide bonds. The molecule has 3 rings (SSSR count). The van der Waals surface area contributed by atoms with E-state index in [-0.39, 0.29) is 17.2 Å². The number of alkyl halides is 3. The largest absolute Gasteiger partial charge is 0.433 e. The average Bonchev–Trinajstić information content (AvgIpc) is 2.86. The number of halogens is 8. The van der Waals surface area contributed by atoms with E-state index in [4.69, 9.17) is 0 Å². The van der Waals surface area contributed by atoms with Crippen molar-refractivity contribution in [2.75, 3.05) is 6.67 Å². The van der Waals surface area contributed by atoms with Gasteiger partial charge in [-0.1, -0.05) is 49.7 Å². The molecule has 0 aliphatic rings. The van der Waals surface area contributed by atoms with Gasteiger partial charge >= 0.3 is 6.11 Å². The standard InChI is InChI=1S/C29H24F8O/c1-3-4-5-18-6-8-19(9-7-18)20-10-11-22(23(31)13-20)21-14-25(33)28(26(34)15-21)29(36,37)38-17(2)12-24(32)27(35)16-30/h6-15H,3-5,16H2,1-2H3/b17-12+,27-24-. The summed E-state index contributed by atoms with van der Waals surface area (Å²) in [4.78, 5) is 0. The van der Waals surface area contributed by atoms with E-state index in [2.05, 4.69) is 11.7 Å². The molecule has 0 atom stereocenters. The first-order valence-corrected chi connectivity index (χ1v) is 11.7. The normalized spacial score (nSPS) is 12.9. The lowest BCUT2D eigenvalue weighted by Gasteiger charge is -2.20. The van der Waals surface area contributed by atoms with Gasteiger partial charge in [-0.05, 0) is 60.2 Å². The van der Waals surface area contributed by atoms with Crippen molar-refractivity contribution in [3.8, 4) is 22.3 Å². The highest BCUT2D eigenvalue weighted by Crippen LogP contribution is 2.38. The van der Waals surface area contributed by atoms with Crippen LogP contribution >= 0.6 is 0 Å². The van der Waals surface area contributed by atoms with E-state index in [1.807, 2.05) is 24.3 Å². The van der Waals surface area contributed by atoms with Crippen molar-refractivity contribution in [3.63, 3.8) is 0 Å².